The van der Waals surface area contributed by atoms with Gasteiger partial charge in [0.2, 0.25) is 23.6 Å². The van der Waals surface area contributed by atoms with Gasteiger partial charge in [-0.05, 0) is 33.1 Å². The highest BCUT2D eigenvalue weighted by atomic mass is 16.3. The van der Waals surface area contributed by atoms with Crippen molar-refractivity contribution < 1.29 is 34.5 Å². The highest BCUT2D eigenvalue weighted by Gasteiger charge is 2.31. The maximum absolute atomic E-state index is 12.9. The lowest BCUT2D eigenvalue weighted by Crippen LogP contribution is -2.58. The molecule has 4 unspecified atom stereocenters. The maximum Gasteiger partial charge on any atom is 0.245 e. The van der Waals surface area contributed by atoms with E-state index in [2.05, 4.69) is 28.2 Å². The Kier molecular flexibility index (Phi) is 15.9. The Labute approximate surface area is 224 Å². The molecular formula is C27H44N4O7. The number of carbonyl (C=O) groups excluding carboxylic acids is 4. The van der Waals surface area contributed by atoms with Crippen molar-refractivity contribution in [3.05, 3.63) is 36.5 Å². The summed E-state index contributed by atoms with van der Waals surface area (Å²) in [6, 6.07) is -3.00. The summed E-state index contributed by atoms with van der Waals surface area (Å²) in [4.78, 5) is 49.7. The van der Waals surface area contributed by atoms with Gasteiger partial charge in [0.05, 0.1) is 18.3 Å². The van der Waals surface area contributed by atoms with Gasteiger partial charge in [-0.25, -0.2) is 0 Å². The fourth-order valence-electron chi connectivity index (χ4n) is 3.72. The summed E-state index contributed by atoms with van der Waals surface area (Å²) in [6.45, 7) is 5.26. The van der Waals surface area contributed by atoms with Gasteiger partial charge < -0.3 is 36.6 Å². The van der Waals surface area contributed by atoms with Crippen LogP contribution in [-0.2, 0) is 19.2 Å². The quantitative estimate of drug-likeness (QED) is 0.105. The van der Waals surface area contributed by atoms with E-state index in [9.17, 15) is 34.5 Å². The van der Waals surface area contributed by atoms with E-state index in [-0.39, 0.29) is 25.3 Å². The van der Waals surface area contributed by atoms with Crippen molar-refractivity contribution in [2.24, 2.45) is 0 Å². The highest BCUT2D eigenvalue weighted by Crippen LogP contribution is 2.08. The van der Waals surface area contributed by atoms with Gasteiger partial charge in [0.25, 0.3) is 0 Å². The number of amides is 4. The molecule has 0 aromatic heterocycles. The van der Waals surface area contributed by atoms with Crippen molar-refractivity contribution in [1.82, 2.24) is 21.3 Å². The van der Waals surface area contributed by atoms with Gasteiger partial charge >= 0.3 is 0 Å². The summed E-state index contributed by atoms with van der Waals surface area (Å²) in [5.41, 5.74) is 0. The van der Waals surface area contributed by atoms with Crippen LogP contribution in [0.2, 0.25) is 0 Å². The van der Waals surface area contributed by atoms with Crippen molar-refractivity contribution in [2.75, 3.05) is 6.54 Å². The van der Waals surface area contributed by atoms with Crippen molar-refractivity contribution in [3.63, 3.8) is 0 Å². The second kappa shape index (κ2) is 18.3. The molecule has 1 heterocycles. The molecule has 0 aromatic rings. The molecule has 0 bridgehead atoms. The highest BCUT2D eigenvalue weighted by molar-refractivity contribution is 5.95. The Morgan fingerprint density at radius 3 is 2.63 bits per heavy atom. The topological polar surface area (TPSA) is 177 Å². The van der Waals surface area contributed by atoms with Crippen LogP contribution in [-0.4, -0.2) is 81.9 Å². The van der Waals surface area contributed by atoms with Gasteiger partial charge in [0, 0.05) is 31.2 Å². The third kappa shape index (κ3) is 14.1. The number of unbranched alkanes of at least 4 members (excludes halogenated alkanes) is 2. The Morgan fingerprint density at radius 2 is 1.95 bits per heavy atom. The van der Waals surface area contributed by atoms with E-state index in [0.29, 0.717) is 6.42 Å². The predicted molar refractivity (Wildman–Crippen MR) is 144 cm³/mol. The van der Waals surface area contributed by atoms with Crippen LogP contribution in [0.3, 0.4) is 0 Å². The average molecular weight is 537 g/mol. The molecule has 1 rings (SSSR count). The van der Waals surface area contributed by atoms with E-state index in [1.165, 1.54) is 31.2 Å². The molecule has 1 aliphatic heterocycles. The van der Waals surface area contributed by atoms with Crippen LogP contribution in [0.4, 0.5) is 0 Å². The molecular weight excluding hydrogens is 492 g/mol. The van der Waals surface area contributed by atoms with Crippen LogP contribution in [0.25, 0.3) is 0 Å². The zero-order valence-electron chi connectivity index (χ0n) is 22.6. The first-order valence-corrected chi connectivity index (χ1v) is 13.3. The van der Waals surface area contributed by atoms with Crippen molar-refractivity contribution in [2.45, 2.75) is 102 Å². The molecule has 11 heteroatoms. The Hall–Kier alpha value is -3.02. The summed E-state index contributed by atoms with van der Waals surface area (Å²) < 4.78 is 0. The Morgan fingerprint density at radius 1 is 1.21 bits per heavy atom. The number of carbonyl (C=O) groups is 4. The third-order valence-corrected chi connectivity index (χ3v) is 5.93. The standard InChI is InChI=1S/C27H44N4O7/c1-4-5-7-10-20(33)11-8-6-9-12-24(36)31-25(19(3)32)27(38)30-22-17-21(34)15-16-28-23(35)14-13-18(2)29-26(22)37/h6,8-9,12-14,18-22,25,32-34H,4-5,7,10-11,15-17H2,1-3H3,(H,28,35)(H,29,37)(H,30,38)(H,31,36)/b8-6+,12-9+,14-13+/t18?,19?,20?,21-,22+,25?/m1/s1. The Balaban J connectivity index is 2.75. The lowest BCUT2D eigenvalue weighted by atomic mass is 10.0. The van der Waals surface area contributed by atoms with Gasteiger partial charge in [-0.3, -0.25) is 19.2 Å². The molecule has 0 radical (unpaired) electrons. The second-order valence-corrected chi connectivity index (χ2v) is 9.59. The number of hydrogen-bond donors (Lipinski definition) is 7. The van der Waals surface area contributed by atoms with E-state index in [4.69, 9.17) is 0 Å². The molecule has 0 aromatic carbocycles. The molecule has 7 N–H and O–H groups in total. The van der Waals surface area contributed by atoms with E-state index in [1.54, 1.807) is 19.1 Å². The zero-order valence-corrected chi connectivity index (χ0v) is 22.6. The van der Waals surface area contributed by atoms with Gasteiger partial charge in [0.1, 0.15) is 12.1 Å². The van der Waals surface area contributed by atoms with Gasteiger partial charge in [-0.15, -0.1) is 0 Å². The van der Waals surface area contributed by atoms with Crippen LogP contribution in [0.1, 0.15) is 65.7 Å². The molecule has 11 nitrogen and oxygen atoms in total. The molecule has 1 aliphatic rings. The first-order chi connectivity index (χ1) is 18.0. The summed E-state index contributed by atoms with van der Waals surface area (Å²) in [5, 5.41) is 40.6. The van der Waals surface area contributed by atoms with Crippen LogP contribution in [0.5, 0.6) is 0 Å². The first-order valence-electron chi connectivity index (χ1n) is 13.3. The summed E-state index contributed by atoms with van der Waals surface area (Å²) in [7, 11) is 0. The largest absolute Gasteiger partial charge is 0.393 e. The number of allylic oxidation sites excluding steroid dienone is 2. The minimum Gasteiger partial charge on any atom is -0.393 e. The van der Waals surface area contributed by atoms with E-state index >= 15 is 0 Å². The smallest absolute Gasteiger partial charge is 0.245 e. The summed E-state index contributed by atoms with van der Waals surface area (Å²) in [5.74, 6) is -2.34. The fraction of sp³-hybridized carbons (Fsp3) is 0.630. The minimum absolute atomic E-state index is 0.126. The minimum atomic E-state index is -1.35. The molecule has 0 spiro atoms. The van der Waals surface area contributed by atoms with Crippen molar-refractivity contribution in [1.29, 1.82) is 0 Å². The molecule has 0 saturated carbocycles. The summed E-state index contributed by atoms with van der Waals surface area (Å²) in [6.07, 6.45) is 10.4. The molecule has 0 aliphatic carbocycles. The van der Waals surface area contributed by atoms with Crippen molar-refractivity contribution in [3.8, 4) is 0 Å². The van der Waals surface area contributed by atoms with Crippen LogP contribution in [0, 0.1) is 0 Å². The van der Waals surface area contributed by atoms with E-state index in [0.717, 1.165) is 25.7 Å². The molecule has 6 atom stereocenters. The predicted octanol–water partition coefficient (Wildman–Crippen LogP) is 0.112. The average Bonchev–Trinajstić information content (AvgIpc) is 2.84. The lowest BCUT2D eigenvalue weighted by Gasteiger charge is -2.26. The van der Waals surface area contributed by atoms with E-state index < -0.39 is 54.2 Å². The monoisotopic (exact) mass is 536 g/mol. The number of hydrogen-bond acceptors (Lipinski definition) is 7. The van der Waals surface area contributed by atoms with Crippen LogP contribution < -0.4 is 21.3 Å². The third-order valence-electron chi connectivity index (χ3n) is 5.93. The van der Waals surface area contributed by atoms with Gasteiger partial charge in [-0.1, -0.05) is 50.5 Å². The number of aliphatic hydroxyl groups is 3. The maximum atomic E-state index is 12.9. The van der Waals surface area contributed by atoms with Gasteiger partial charge in [0.15, 0.2) is 0 Å². The lowest BCUT2D eigenvalue weighted by molar-refractivity contribution is -0.134. The molecule has 4 amide bonds. The van der Waals surface area contributed by atoms with Crippen LogP contribution >= 0.6 is 0 Å². The number of aliphatic hydroxyl groups excluding tert-OH is 3. The molecule has 38 heavy (non-hydrogen) atoms. The van der Waals surface area contributed by atoms with E-state index in [1.807, 2.05) is 0 Å². The first kappa shape index (κ1) is 33.0. The van der Waals surface area contributed by atoms with Crippen LogP contribution in [0.15, 0.2) is 36.5 Å². The SMILES string of the molecule is CCCCCC(O)C/C=C/C=C/C(=O)NC(C(=O)N[C@H]1C[C@H](O)CCNC(=O)/C=C/C(C)NC1=O)C(C)O. The zero-order chi connectivity index (χ0) is 28.5. The van der Waals surface area contributed by atoms with Crippen molar-refractivity contribution >= 4 is 23.6 Å². The fourth-order valence-corrected chi connectivity index (χ4v) is 3.72. The number of rotatable bonds is 12. The molecule has 0 fully saturated rings. The Bertz CT molecular complexity index is 856. The second-order valence-electron chi connectivity index (χ2n) is 9.59. The summed E-state index contributed by atoms with van der Waals surface area (Å²) >= 11 is 0. The number of nitrogens with one attached hydrogen (secondary N) is 4. The molecule has 214 valence electrons. The molecule has 0 saturated heterocycles. The normalized spacial score (nSPS) is 24.4. The van der Waals surface area contributed by atoms with Gasteiger partial charge in [-0.2, -0.15) is 0 Å².